The highest BCUT2D eigenvalue weighted by Gasteiger charge is 1.98. The quantitative estimate of drug-likeness (QED) is 0.659. The summed E-state index contributed by atoms with van der Waals surface area (Å²) in [6.45, 7) is 0. The first-order chi connectivity index (χ1) is 5.88. The molecule has 4 nitrogen and oxygen atoms in total. The molecule has 0 saturated heterocycles. The lowest BCUT2D eigenvalue weighted by atomic mass is 10.2. The zero-order chi connectivity index (χ0) is 8.39. The predicted molar refractivity (Wildman–Crippen MR) is 43.6 cm³/mol. The van der Waals surface area contributed by atoms with Gasteiger partial charge in [-0.05, 0) is 6.07 Å². The van der Waals surface area contributed by atoms with Crippen LogP contribution in [0.4, 0.5) is 0 Å². The molecule has 0 atom stereocenters. The molecule has 0 spiro atoms. The van der Waals surface area contributed by atoms with Crippen molar-refractivity contribution < 1.29 is 0 Å². The van der Waals surface area contributed by atoms with E-state index in [1.54, 1.807) is 6.07 Å². The van der Waals surface area contributed by atoms with E-state index in [9.17, 15) is 0 Å². The molecule has 0 saturated carbocycles. The highest BCUT2D eigenvalue weighted by Crippen LogP contribution is 2.22. The van der Waals surface area contributed by atoms with E-state index >= 15 is 0 Å². The van der Waals surface area contributed by atoms with Crippen molar-refractivity contribution in [3.8, 4) is 11.4 Å². The van der Waals surface area contributed by atoms with Crippen LogP contribution in [0.25, 0.3) is 11.4 Å². The van der Waals surface area contributed by atoms with Crippen LogP contribution in [0.2, 0.25) is 5.02 Å². The van der Waals surface area contributed by atoms with Crippen LogP contribution in [0.5, 0.6) is 0 Å². The Kier molecular flexibility index (Phi) is 1.75. The van der Waals surface area contributed by atoms with Crippen LogP contribution in [-0.4, -0.2) is 15.5 Å². The molecule has 0 aliphatic rings. The number of aromatic nitrogens is 4. The van der Waals surface area contributed by atoms with Crippen molar-refractivity contribution in [1.82, 2.24) is 20.6 Å². The molecule has 5 heteroatoms. The largest absolute Gasteiger partial charge is 0.330 e. The van der Waals surface area contributed by atoms with Crippen molar-refractivity contribution >= 4 is 11.6 Å². The molecule has 1 heterocycles. The van der Waals surface area contributed by atoms with Crippen LogP contribution in [0.15, 0.2) is 24.3 Å². The maximum Gasteiger partial charge on any atom is 0.0488 e. The fourth-order valence-corrected chi connectivity index (χ4v) is 1.12. The van der Waals surface area contributed by atoms with Gasteiger partial charge in [0.15, 0.2) is 0 Å². The Labute approximate surface area is 73.6 Å². The molecule has 0 bridgehead atoms. The second-order valence-electron chi connectivity index (χ2n) is 2.18. The Morgan fingerprint density at radius 2 is 2.08 bits per heavy atom. The van der Waals surface area contributed by atoms with Gasteiger partial charge in [0, 0.05) is 16.4 Å². The fraction of sp³-hybridized carbons (Fsp3) is 0. The van der Waals surface area contributed by atoms with Crippen LogP contribution in [0.1, 0.15) is 0 Å². The van der Waals surface area contributed by atoms with Gasteiger partial charge in [-0.3, -0.25) is 10.3 Å². The van der Waals surface area contributed by atoms with Gasteiger partial charge >= 0.3 is 0 Å². The first kappa shape index (κ1) is 7.24. The Bertz CT molecular complexity index is 371. The molecule has 2 rings (SSSR count). The molecule has 2 aromatic rings. The summed E-state index contributed by atoms with van der Waals surface area (Å²) in [5.74, 6) is 0.459. The van der Waals surface area contributed by atoms with Crippen molar-refractivity contribution in [3.63, 3.8) is 0 Å². The molecule has 1 aromatic carbocycles. The monoisotopic (exact) mass is 179 g/mol. The van der Waals surface area contributed by atoms with Crippen LogP contribution < -0.4 is 5.10 Å². The molecule has 1 aromatic heterocycles. The molecule has 0 fully saturated rings. The highest BCUT2D eigenvalue weighted by atomic mass is 35.5. The van der Waals surface area contributed by atoms with Gasteiger partial charge in [0.25, 0.3) is 0 Å². The highest BCUT2D eigenvalue weighted by molar-refractivity contribution is 6.33. The van der Waals surface area contributed by atoms with E-state index in [0.29, 0.717) is 10.8 Å². The summed E-state index contributed by atoms with van der Waals surface area (Å²) in [5, 5.41) is 14.7. The predicted octanol–water partition coefficient (Wildman–Crippen LogP) is 1.15. The van der Waals surface area contributed by atoms with E-state index in [4.69, 9.17) is 11.6 Å². The third-order valence-electron chi connectivity index (χ3n) is 1.43. The summed E-state index contributed by atoms with van der Waals surface area (Å²) in [5.41, 5.74) is 0.754. The van der Waals surface area contributed by atoms with Gasteiger partial charge in [-0.15, -0.1) is 0 Å². The Hall–Kier alpha value is -1.42. The number of hydrogen-bond acceptors (Lipinski definition) is 3. The van der Waals surface area contributed by atoms with Crippen molar-refractivity contribution in [2.24, 2.45) is 0 Å². The topological polar surface area (TPSA) is 52.8 Å². The van der Waals surface area contributed by atoms with E-state index in [-0.39, 0.29) is 0 Å². The van der Waals surface area contributed by atoms with Gasteiger partial charge in [0.2, 0.25) is 0 Å². The average molecular weight is 180 g/mol. The Morgan fingerprint density at radius 3 is 2.75 bits per heavy atom. The molecule has 0 aliphatic heterocycles. The van der Waals surface area contributed by atoms with Crippen molar-refractivity contribution in [2.45, 2.75) is 0 Å². The zero-order valence-electron chi connectivity index (χ0n) is 5.98. The normalized spacial score (nSPS) is 10.1. The second kappa shape index (κ2) is 2.91. The minimum Gasteiger partial charge on any atom is -0.330 e. The van der Waals surface area contributed by atoms with E-state index < -0.39 is 0 Å². The first-order valence-corrected chi connectivity index (χ1v) is 3.69. The number of rotatable bonds is 1. The van der Waals surface area contributed by atoms with Crippen molar-refractivity contribution in [3.05, 3.63) is 29.3 Å². The standard InChI is InChI=1S/C7H4ClN4/c8-6-4-2-1-3-5(6)7-9-11-12-10-7/h1-4H/q-1. The second-order valence-corrected chi connectivity index (χ2v) is 2.59. The number of benzene rings is 1. The molecular weight excluding hydrogens is 176 g/mol. The molecular formula is C7H4ClN4-. The molecule has 0 aliphatic carbocycles. The van der Waals surface area contributed by atoms with Gasteiger partial charge in [-0.1, -0.05) is 29.8 Å². The molecule has 0 radical (unpaired) electrons. The lowest BCUT2D eigenvalue weighted by molar-refractivity contribution is 0.871. The lowest BCUT2D eigenvalue weighted by Gasteiger charge is -2.00. The maximum atomic E-state index is 5.88. The molecule has 0 amide bonds. The molecule has 0 N–H and O–H groups in total. The SMILES string of the molecule is Clc1ccccc1-c1nnn[n-]1. The lowest BCUT2D eigenvalue weighted by Crippen LogP contribution is -1.83. The van der Waals surface area contributed by atoms with Crippen molar-refractivity contribution in [1.29, 1.82) is 0 Å². The van der Waals surface area contributed by atoms with E-state index in [1.807, 2.05) is 18.2 Å². The van der Waals surface area contributed by atoms with Crippen LogP contribution >= 0.6 is 11.6 Å². The summed E-state index contributed by atoms with van der Waals surface area (Å²) in [6.07, 6.45) is 0. The first-order valence-electron chi connectivity index (χ1n) is 3.31. The van der Waals surface area contributed by atoms with E-state index in [1.165, 1.54) is 0 Å². The van der Waals surface area contributed by atoms with Gasteiger partial charge < -0.3 is 5.10 Å². The maximum absolute atomic E-state index is 5.88. The van der Waals surface area contributed by atoms with Crippen LogP contribution in [-0.2, 0) is 0 Å². The van der Waals surface area contributed by atoms with Gasteiger partial charge in [-0.2, -0.15) is 5.21 Å². The molecule has 0 unspecified atom stereocenters. The Balaban J connectivity index is 2.55. The van der Waals surface area contributed by atoms with Crippen LogP contribution in [0, 0.1) is 0 Å². The summed E-state index contributed by atoms with van der Waals surface area (Å²) in [7, 11) is 0. The fourth-order valence-electron chi connectivity index (χ4n) is 0.895. The molecule has 60 valence electrons. The summed E-state index contributed by atoms with van der Waals surface area (Å²) in [6, 6.07) is 7.29. The zero-order valence-corrected chi connectivity index (χ0v) is 6.73. The Morgan fingerprint density at radius 1 is 1.25 bits per heavy atom. The third kappa shape index (κ3) is 1.16. The van der Waals surface area contributed by atoms with Gasteiger partial charge in [0.1, 0.15) is 0 Å². The number of hydrogen-bond donors (Lipinski definition) is 0. The van der Waals surface area contributed by atoms with Crippen LogP contribution in [0.3, 0.4) is 0 Å². The summed E-state index contributed by atoms with van der Waals surface area (Å²) < 4.78 is 0. The third-order valence-corrected chi connectivity index (χ3v) is 1.76. The van der Waals surface area contributed by atoms with E-state index in [0.717, 1.165) is 5.56 Å². The number of nitrogens with zero attached hydrogens (tertiary/aromatic N) is 4. The minimum atomic E-state index is 0.459. The smallest absolute Gasteiger partial charge is 0.0488 e. The average Bonchev–Trinajstić information content (AvgIpc) is 2.57. The molecule has 12 heavy (non-hydrogen) atoms. The number of tetrazole rings is 1. The van der Waals surface area contributed by atoms with Gasteiger partial charge in [0.05, 0.1) is 0 Å². The summed E-state index contributed by atoms with van der Waals surface area (Å²) >= 11 is 5.88. The minimum absolute atomic E-state index is 0.459. The van der Waals surface area contributed by atoms with E-state index in [2.05, 4.69) is 20.6 Å². The number of halogens is 1. The van der Waals surface area contributed by atoms with Crippen molar-refractivity contribution in [2.75, 3.05) is 0 Å². The van der Waals surface area contributed by atoms with Gasteiger partial charge in [-0.25, -0.2) is 0 Å². The summed E-state index contributed by atoms with van der Waals surface area (Å²) in [4.78, 5) is 0.